The van der Waals surface area contributed by atoms with E-state index in [0.717, 1.165) is 34.2 Å². The molecule has 0 atom stereocenters. The van der Waals surface area contributed by atoms with Crippen LogP contribution in [0.5, 0.6) is 0 Å². The molecule has 1 amide bonds. The molecule has 1 N–H and O–H groups in total. The predicted octanol–water partition coefficient (Wildman–Crippen LogP) is 4.89. The molecule has 0 saturated carbocycles. The molecule has 2 heterocycles. The topological polar surface area (TPSA) is 45.2 Å². The molecule has 1 aliphatic rings. The van der Waals surface area contributed by atoms with E-state index in [1.54, 1.807) is 0 Å². The van der Waals surface area contributed by atoms with Gasteiger partial charge in [0.25, 0.3) is 5.91 Å². The average molecular weight is 372 g/mol. The van der Waals surface area contributed by atoms with E-state index in [2.05, 4.69) is 41.2 Å². The average Bonchev–Trinajstić information content (AvgIpc) is 2.96. The molecular weight excluding hydrogens is 342 g/mol. The van der Waals surface area contributed by atoms with E-state index < -0.39 is 0 Å². The normalized spacial score (nSPS) is 15.4. The maximum Gasteiger partial charge on any atom is 0.267 e. The highest BCUT2D eigenvalue weighted by Crippen LogP contribution is 2.23. The Morgan fingerprint density at radius 1 is 1.27 bits per heavy atom. The molecule has 1 fully saturated rings. The summed E-state index contributed by atoms with van der Waals surface area (Å²) in [6, 6.07) is 8.22. The number of hydrogen-bond donors (Lipinski definition) is 1. The van der Waals surface area contributed by atoms with Gasteiger partial charge in [-0.3, -0.25) is 9.69 Å². The first-order valence-electron chi connectivity index (χ1n) is 9.60. The van der Waals surface area contributed by atoms with Gasteiger partial charge in [0.2, 0.25) is 0 Å². The van der Waals surface area contributed by atoms with Gasteiger partial charge in [0.1, 0.15) is 4.88 Å². The third kappa shape index (κ3) is 5.15. The molecule has 1 aromatic carbocycles. The summed E-state index contributed by atoms with van der Waals surface area (Å²) in [6.07, 6.45) is 4.85. The van der Waals surface area contributed by atoms with Gasteiger partial charge >= 0.3 is 0 Å². The summed E-state index contributed by atoms with van der Waals surface area (Å²) in [5.74, 6) is 0.494. The summed E-state index contributed by atoms with van der Waals surface area (Å²) in [5, 5.41) is 4.10. The van der Waals surface area contributed by atoms with Gasteiger partial charge in [0, 0.05) is 18.7 Å². The molecule has 3 rings (SSSR count). The first kappa shape index (κ1) is 19.1. The molecule has 0 unspecified atom stereocenters. The van der Waals surface area contributed by atoms with E-state index >= 15 is 0 Å². The number of thiazole rings is 1. The number of likely N-dealkylation sites (tertiary alicyclic amines) is 1. The third-order valence-electron chi connectivity index (χ3n) is 4.67. The molecule has 4 nitrogen and oxygen atoms in total. The summed E-state index contributed by atoms with van der Waals surface area (Å²) >= 11 is 1.52. The Hall–Kier alpha value is -1.72. The number of amides is 1. The molecule has 140 valence electrons. The van der Waals surface area contributed by atoms with Gasteiger partial charge in [-0.2, -0.15) is 0 Å². The lowest BCUT2D eigenvalue weighted by Crippen LogP contribution is -2.29. The molecular formula is C21H29N3OS. The van der Waals surface area contributed by atoms with Crippen molar-refractivity contribution in [3.63, 3.8) is 0 Å². The standard InChI is InChI=1S/C21H29N3OS/c1-15(2)12-19-22-16(3)20(26-19)21(25)23-18-9-7-8-17(13-18)14-24-10-5-4-6-11-24/h7-9,13,15H,4-6,10-12,14H2,1-3H3,(H,23,25). The second-order valence-corrected chi connectivity index (χ2v) is 8.70. The zero-order chi connectivity index (χ0) is 18.5. The fourth-order valence-corrected chi connectivity index (χ4v) is 4.58. The zero-order valence-corrected chi connectivity index (χ0v) is 16.9. The van der Waals surface area contributed by atoms with Crippen molar-refractivity contribution in [1.82, 2.24) is 9.88 Å². The van der Waals surface area contributed by atoms with Gasteiger partial charge in [0.15, 0.2) is 0 Å². The number of piperidine rings is 1. The van der Waals surface area contributed by atoms with Crippen molar-refractivity contribution >= 4 is 22.9 Å². The van der Waals surface area contributed by atoms with Gasteiger partial charge in [-0.15, -0.1) is 11.3 Å². The highest BCUT2D eigenvalue weighted by Gasteiger charge is 2.16. The summed E-state index contributed by atoms with van der Waals surface area (Å²) in [5.41, 5.74) is 2.95. The molecule has 5 heteroatoms. The lowest BCUT2D eigenvalue weighted by atomic mass is 10.1. The highest BCUT2D eigenvalue weighted by molar-refractivity contribution is 7.13. The highest BCUT2D eigenvalue weighted by atomic mass is 32.1. The van der Waals surface area contributed by atoms with Crippen LogP contribution in [0.15, 0.2) is 24.3 Å². The first-order chi connectivity index (χ1) is 12.5. The Morgan fingerprint density at radius 2 is 2.04 bits per heavy atom. The smallest absolute Gasteiger partial charge is 0.267 e. The number of aryl methyl sites for hydroxylation is 1. The number of benzene rings is 1. The summed E-state index contributed by atoms with van der Waals surface area (Å²) in [7, 11) is 0. The van der Waals surface area contributed by atoms with Crippen molar-refractivity contribution in [2.24, 2.45) is 5.92 Å². The van der Waals surface area contributed by atoms with Crippen molar-refractivity contribution in [2.75, 3.05) is 18.4 Å². The molecule has 2 aromatic rings. The van der Waals surface area contributed by atoms with E-state index in [1.165, 1.54) is 49.3 Å². The minimum atomic E-state index is -0.0508. The fourth-order valence-electron chi connectivity index (χ4n) is 3.41. The maximum atomic E-state index is 12.7. The minimum Gasteiger partial charge on any atom is -0.321 e. The second kappa shape index (κ2) is 8.78. The van der Waals surface area contributed by atoms with Crippen molar-refractivity contribution in [1.29, 1.82) is 0 Å². The lowest BCUT2D eigenvalue weighted by molar-refractivity contribution is 0.103. The van der Waals surface area contributed by atoms with E-state index in [-0.39, 0.29) is 5.91 Å². The number of anilines is 1. The van der Waals surface area contributed by atoms with Crippen LogP contribution < -0.4 is 5.32 Å². The van der Waals surface area contributed by atoms with Crippen LogP contribution in [0.4, 0.5) is 5.69 Å². The Balaban J connectivity index is 1.65. The zero-order valence-electron chi connectivity index (χ0n) is 16.0. The lowest BCUT2D eigenvalue weighted by Gasteiger charge is -2.26. The Morgan fingerprint density at radius 3 is 2.77 bits per heavy atom. The number of hydrogen-bond acceptors (Lipinski definition) is 4. The first-order valence-corrected chi connectivity index (χ1v) is 10.4. The van der Waals surface area contributed by atoms with Gasteiger partial charge in [-0.1, -0.05) is 32.4 Å². The number of nitrogens with one attached hydrogen (secondary N) is 1. The molecule has 26 heavy (non-hydrogen) atoms. The predicted molar refractivity (Wildman–Crippen MR) is 109 cm³/mol. The number of carbonyl (C=O) groups is 1. The van der Waals surface area contributed by atoms with E-state index in [1.807, 2.05) is 19.1 Å². The third-order valence-corrected chi connectivity index (χ3v) is 5.85. The molecule has 1 saturated heterocycles. The van der Waals surface area contributed by atoms with E-state index in [4.69, 9.17) is 0 Å². The van der Waals surface area contributed by atoms with Crippen LogP contribution >= 0.6 is 11.3 Å². The fraction of sp³-hybridized carbons (Fsp3) is 0.524. The Labute approximate surface area is 160 Å². The SMILES string of the molecule is Cc1nc(CC(C)C)sc1C(=O)Nc1cccc(CN2CCCCC2)c1. The quantitative estimate of drug-likeness (QED) is 0.786. The van der Waals surface area contributed by atoms with Gasteiger partial charge < -0.3 is 5.32 Å². The molecule has 0 spiro atoms. The van der Waals surface area contributed by atoms with Gasteiger partial charge in [-0.25, -0.2) is 4.98 Å². The number of nitrogens with zero attached hydrogens (tertiary/aromatic N) is 2. The summed E-state index contributed by atoms with van der Waals surface area (Å²) in [6.45, 7) is 9.57. The Kier molecular flexibility index (Phi) is 6.43. The van der Waals surface area contributed by atoms with Crippen LogP contribution in [0.1, 0.15) is 59.0 Å². The molecule has 0 bridgehead atoms. The van der Waals surface area contributed by atoms with Crippen LogP contribution in [-0.4, -0.2) is 28.9 Å². The number of carbonyl (C=O) groups excluding carboxylic acids is 1. The van der Waals surface area contributed by atoms with Crippen molar-refractivity contribution in [3.05, 3.63) is 45.4 Å². The second-order valence-electron chi connectivity index (χ2n) is 7.61. The van der Waals surface area contributed by atoms with E-state index in [0.29, 0.717) is 5.92 Å². The monoisotopic (exact) mass is 371 g/mol. The maximum absolute atomic E-state index is 12.7. The molecule has 1 aliphatic heterocycles. The minimum absolute atomic E-state index is 0.0508. The Bertz CT molecular complexity index is 747. The van der Waals surface area contributed by atoms with Crippen molar-refractivity contribution in [2.45, 2.75) is 53.0 Å². The largest absolute Gasteiger partial charge is 0.321 e. The van der Waals surface area contributed by atoms with Crippen LogP contribution in [-0.2, 0) is 13.0 Å². The molecule has 0 aliphatic carbocycles. The van der Waals surface area contributed by atoms with Crippen LogP contribution in [0.2, 0.25) is 0 Å². The summed E-state index contributed by atoms with van der Waals surface area (Å²) < 4.78 is 0. The van der Waals surface area contributed by atoms with Crippen LogP contribution in [0.25, 0.3) is 0 Å². The van der Waals surface area contributed by atoms with Gasteiger partial charge in [-0.05, 0) is 56.5 Å². The molecule has 1 aromatic heterocycles. The number of aromatic nitrogens is 1. The van der Waals surface area contributed by atoms with Crippen molar-refractivity contribution in [3.8, 4) is 0 Å². The summed E-state index contributed by atoms with van der Waals surface area (Å²) in [4.78, 5) is 20.5. The van der Waals surface area contributed by atoms with Crippen LogP contribution in [0.3, 0.4) is 0 Å². The molecule has 0 radical (unpaired) electrons. The van der Waals surface area contributed by atoms with Gasteiger partial charge in [0.05, 0.1) is 10.7 Å². The van der Waals surface area contributed by atoms with Crippen LogP contribution in [0, 0.1) is 12.8 Å². The van der Waals surface area contributed by atoms with E-state index in [9.17, 15) is 4.79 Å². The van der Waals surface area contributed by atoms with Crippen molar-refractivity contribution < 1.29 is 4.79 Å². The number of rotatable bonds is 6.